The number of aliphatic carboxylic acids is 1. The number of benzene rings is 2. The second kappa shape index (κ2) is 8.01. The van der Waals surface area contributed by atoms with Crippen LogP contribution in [0.2, 0.25) is 5.02 Å². The summed E-state index contributed by atoms with van der Waals surface area (Å²) in [6, 6.07) is 14.0. The van der Waals surface area contributed by atoms with Crippen molar-refractivity contribution in [3.05, 3.63) is 64.7 Å². The minimum atomic E-state index is -1.44. The summed E-state index contributed by atoms with van der Waals surface area (Å²) in [5, 5.41) is 11.8. The molecule has 0 aromatic heterocycles. The molecule has 7 nitrogen and oxygen atoms in total. The van der Waals surface area contributed by atoms with Crippen LogP contribution in [0.25, 0.3) is 0 Å². The largest absolute Gasteiger partial charge is 0.481 e. The molecule has 0 fully saturated rings. The van der Waals surface area contributed by atoms with Crippen LogP contribution in [0.3, 0.4) is 0 Å². The van der Waals surface area contributed by atoms with E-state index in [1.807, 2.05) is 30.3 Å². The number of carbonyl (C=O) groups excluding carboxylic acids is 2. The van der Waals surface area contributed by atoms with Crippen LogP contribution in [0.4, 0.5) is 5.69 Å². The van der Waals surface area contributed by atoms with Gasteiger partial charge in [-0.05, 0) is 18.2 Å². The first kappa shape index (κ1) is 18.6. The molecule has 2 aromatic rings. The topological polar surface area (TPSA) is 105 Å². The quantitative estimate of drug-likeness (QED) is 0.769. The Morgan fingerprint density at radius 1 is 1.15 bits per heavy atom. The molecular formula is C19H15ClN2O5. The Morgan fingerprint density at radius 3 is 2.59 bits per heavy atom. The van der Waals surface area contributed by atoms with Gasteiger partial charge in [-0.1, -0.05) is 41.9 Å². The van der Waals surface area contributed by atoms with Crippen molar-refractivity contribution in [1.29, 1.82) is 0 Å². The molecule has 0 bridgehead atoms. The number of fused-ring (bicyclic) bond motifs is 1. The van der Waals surface area contributed by atoms with Crippen LogP contribution in [0.15, 0.2) is 53.5 Å². The maximum Gasteiger partial charge on any atom is 0.308 e. The van der Waals surface area contributed by atoms with Crippen LogP contribution >= 0.6 is 11.6 Å². The second-order valence-corrected chi connectivity index (χ2v) is 6.20. The van der Waals surface area contributed by atoms with Gasteiger partial charge in [0, 0.05) is 16.1 Å². The van der Waals surface area contributed by atoms with Crippen molar-refractivity contribution in [3.63, 3.8) is 0 Å². The number of aliphatic imine (C=N–C) groups is 1. The van der Waals surface area contributed by atoms with Gasteiger partial charge in [0.05, 0.1) is 24.2 Å². The summed E-state index contributed by atoms with van der Waals surface area (Å²) >= 11 is 6.10. The van der Waals surface area contributed by atoms with Gasteiger partial charge in [-0.25, -0.2) is 4.99 Å². The third kappa shape index (κ3) is 4.51. The maximum atomic E-state index is 12.5. The number of amides is 1. The molecule has 3 rings (SSSR count). The monoisotopic (exact) mass is 386 g/mol. The van der Waals surface area contributed by atoms with Gasteiger partial charge < -0.3 is 15.2 Å². The molecule has 0 radical (unpaired) electrons. The van der Waals surface area contributed by atoms with E-state index in [0.29, 0.717) is 27.5 Å². The fourth-order valence-corrected chi connectivity index (χ4v) is 2.73. The average molecular weight is 387 g/mol. The van der Waals surface area contributed by atoms with E-state index in [9.17, 15) is 14.4 Å². The highest BCUT2D eigenvalue weighted by Gasteiger charge is 2.29. The molecule has 0 saturated carbocycles. The average Bonchev–Trinajstić information content (AvgIpc) is 2.78. The van der Waals surface area contributed by atoms with Gasteiger partial charge in [-0.3, -0.25) is 14.4 Å². The molecule has 2 N–H and O–H groups in total. The highest BCUT2D eigenvalue weighted by molar-refractivity contribution is 6.32. The molecule has 0 aliphatic carbocycles. The normalized spacial score (nSPS) is 15.8. The summed E-state index contributed by atoms with van der Waals surface area (Å²) in [5.41, 5.74) is 2.22. The number of halogens is 1. The van der Waals surface area contributed by atoms with Crippen molar-refractivity contribution in [3.8, 4) is 0 Å². The minimum Gasteiger partial charge on any atom is -0.481 e. The van der Waals surface area contributed by atoms with Crippen LogP contribution in [0.5, 0.6) is 0 Å². The van der Waals surface area contributed by atoms with E-state index >= 15 is 0 Å². The Balaban J connectivity index is 1.99. The number of carbonyl (C=O) groups is 3. The third-order valence-electron chi connectivity index (χ3n) is 3.80. The molecule has 27 heavy (non-hydrogen) atoms. The Hall–Kier alpha value is -3.19. The number of benzodiazepines with no additional fused rings is 1. The lowest BCUT2D eigenvalue weighted by Gasteiger charge is -2.12. The number of hydrogen-bond donors (Lipinski definition) is 2. The van der Waals surface area contributed by atoms with Crippen molar-refractivity contribution < 1.29 is 24.2 Å². The Kier molecular flexibility index (Phi) is 5.52. The first-order chi connectivity index (χ1) is 12.9. The van der Waals surface area contributed by atoms with E-state index < -0.39 is 30.5 Å². The zero-order valence-electron chi connectivity index (χ0n) is 14.0. The standard InChI is InChI=1S/C19H15ClN2O5/c20-12-6-7-14-13(10-12)17(11-4-2-1-3-5-11)22-19(18(26)21-14)27-16(25)9-8-15(23)24/h1-7,10,19H,8-9H2,(H,21,26)(H,23,24). The number of anilines is 1. The van der Waals surface area contributed by atoms with Crippen LogP contribution in [-0.2, 0) is 19.1 Å². The Morgan fingerprint density at radius 2 is 1.89 bits per heavy atom. The molecular weight excluding hydrogens is 372 g/mol. The van der Waals surface area contributed by atoms with E-state index in [1.54, 1.807) is 18.2 Å². The predicted molar refractivity (Wildman–Crippen MR) is 98.9 cm³/mol. The van der Waals surface area contributed by atoms with Gasteiger partial charge in [0.1, 0.15) is 0 Å². The summed E-state index contributed by atoms with van der Waals surface area (Å²) in [5.74, 6) is -2.58. The van der Waals surface area contributed by atoms with Crippen LogP contribution < -0.4 is 5.32 Å². The zero-order chi connectivity index (χ0) is 19.4. The van der Waals surface area contributed by atoms with E-state index in [4.69, 9.17) is 21.4 Å². The summed E-state index contributed by atoms with van der Waals surface area (Å²) in [6.07, 6.45) is -2.18. The zero-order valence-corrected chi connectivity index (χ0v) is 14.8. The summed E-state index contributed by atoms with van der Waals surface area (Å²) < 4.78 is 5.11. The summed E-state index contributed by atoms with van der Waals surface area (Å²) in [7, 11) is 0. The van der Waals surface area contributed by atoms with Gasteiger partial charge in [0.2, 0.25) is 0 Å². The fraction of sp³-hybridized carbons (Fsp3) is 0.158. The lowest BCUT2D eigenvalue weighted by Crippen LogP contribution is -2.30. The lowest BCUT2D eigenvalue weighted by molar-refractivity contribution is -0.155. The first-order valence-electron chi connectivity index (χ1n) is 8.09. The minimum absolute atomic E-state index is 0.353. The van der Waals surface area contributed by atoms with Gasteiger partial charge in [0.15, 0.2) is 0 Å². The number of esters is 1. The highest BCUT2D eigenvalue weighted by Crippen LogP contribution is 2.27. The SMILES string of the molecule is O=C(O)CCC(=O)OC1N=C(c2ccccc2)c2cc(Cl)ccc2NC1=O. The lowest BCUT2D eigenvalue weighted by atomic mass is 10.0. The molecule has 1 aliphatic rings. The summed E-state index contributed by atoms with van der Waals surface area (Å²) in [6.45, 7) is 0. The smallest absolute Gasteiger partial charge is 0.308 e. The molecule has 1 unspecified atom stereocenters. The van der Waals surface area contributed by atoms with Crippen molar-refractivity contribution in [2.75, 3.05) is 5.32 Å². The van der Waals surface area contributed by atoms with Crippen molar-refractivity contribution in [2.45, 2.75) is 19.1 Å². The van der Waals surface area contributed by atoms with Gasteiger partial charge >= 0.3 is 11.9 Å². The molecule has 8 heteroatoms. The van der Waals surface area contributed by atoms with Crippen LogP contribution in [-0.4, -0.2) is 34.9 Å². The van der Waals surface area contributed by atoms with Gasteiger partial charge in [0.25, 0.3) is 12.1 Å². The molecule has 1 amide bonds. The summed E-state index contributed by atoms with van der Waals surface area (Å²) in [4.78, 5) is 39.3. The fourth-order valence-electron chi connectivity index (χ4n) is 2.56. The van der Waals surface area contributed by atoms with Crippen molar-refractivity contribution >= 4 is 40.8 Å². The molecule has 0 saturated heterocycles. The number of carboxylic acid groups (broad SMARTS) is 1. The molecule has 2 aromatic carbocycles. The third-order valence-corrected chi connectivity index (χ3v) is 4.03. The van der Waals surface area contributed by atoms with E-state index in [-0.39, 0.29) is 6.42 Å². The van der Waals surface area contributed by atoms with Crippen LogP contribution in [0.1, 0.15) is 24.0 Å². The number of ether oxygens (including phenoxy) is 1. The molecule has 138 valence electrons. The number of rotatable bonds is 5. The Labute approximate surface area is 159 Å². The Bertz CT molecular complexity index is 927. The highest BCUT2D eigenvalue weighted by atomic mass is 35.5. The molecule has 1 aliphatic heterocycles. The maximum absolute atomic E-state index is 12.5. The number of carboxylic acids is 1. The first-order valence-corrected chi connectivity index (χ1v) is 8.47. The van der Waals surface area contributed by atoms with Gasteiger partial charge in [-0.15, -0.1) is 0 Å². The van der Waals surface area contributed by atoms with Gasteiger partial charge in [-0.2, -0.15) is 0 Å². The van der Waals surface area contributed by atoms with Crippen molar-refractivity contribution in [1.82, 2.24) is 0 Å². The van der Waals surface area contributed by atoms with E-state index in [0.717, 1.165) is 0 Å². The number of nitrogens with zero attached hydrogens (tertiary/aromatic N) is 1. The number of hydrogen-bond acceptors (Lipinski definition) is 5. The molecule has 1 atom stereocenters. The molecule has 1 heterocycles. The predicted octanol–water partition coefficient (Wildman–Crippen LogP) is 2.86. The van der Waals surface area contributed by atoms with Crippen molar-refractivity contribution in [2.24, 2.45) is 4.99 Å². The second-order valence-electron chi connectivity index (χ2n) is 5.76. The number of nitrogens with one attached hydrogen (secondary N) is 1. The van der Waals surface area contributed by atoms with Crippen LogP contribution in [0, 0.1) is 0 Å². The van der Waals surface area contributed by atoms with E-state index in [2.05, 4.69) is 10.3 Å². The molecule has 0 spiro atoms. The van der Waals surface area contributed by atoms with E-state index in [1.165, 1.54) is 0 Å².